The van der Waals surface area contributed by atoms with E-state index in [1.165, 1.54) is 0 Å². The number of para-hydroxylation sites is 1. The smallest absolute Gasteiger partial charge is 0.258 e. The van der Waals surface area contributed by atoms with E-state index in [0.717, 1.165) is 5.69 Å². The molecule has 1 aromatic heterocycles. The van der Waals surface area contributed by atoms with Gasteiger partial charge in [0.05, 0.1) is 12.7 Å². The van der Waals surface area contributed by atoms with Crippen molar-refractivity contribution in [2.45, 2.75) is 6.92 Å². The zero-order valence-corrected chi connectivity index (χ0v) is 12.9. The van der Waals surface area contributed by atoms with E-state index in [-0.39, 0.29) is 25.7 Å². The van der Waals surface area contributed by atoms with E-state index in [1.807, 2.05) is 37.3 Å². The van der Waals surface area contributed by atoms with Crippen LogP contribution in [-0.2, 0) is 4.79 Å². The van der Waals surface area contributed by atoms with Crippen molar-refractivity contribution in [2.24, 2.45) is 0 Å². The summed E-state index contributed by atoms with van der Waals surface area (Å²) in [7, 11) is 0. The van der Waals surface area contributed by atoms with E-state index >= 15 is 0 Å². The van der Waals surface area contributed by atoms with Crippen molar-refractivity contribution in [1.29, 1.82) is 0 Å². The Bertz CT molecular complexity index is 673. The van der Waals surface area contributed by atoms with Crippen LogP contribution in [0, 0.1) is 18.8 Å². The van der Waals surface area contributed by atoms with Crippen molar-refractivity contribution in [3.05, 3.63) is 54.4 Å². The summed E-state index contributed by atoms with van der Waals surface area (Å²) in [6.07, 6.45) is 1.65. The first kappa shape index (κ1) is 16.4. The van der Waals surface area contributed by atoms with Gasteiger partial charge in [-0.15, -0.1) is 0 Å². The second-order valence-corrected chi connectivity index (χ2v) is 4.66. The third-order valence-electron chi connectivity index (χ3n) is 2.81. The maximum atomic E-state index is 11.6. The van der Waals surface area contributed by atoms with Gasteiger partial charge in [-0.1, -0.05) is 30.0 Å². The fourth-order valence-electron chi connectivity index (χ4n) is 1.63. The number of nitrogens with zero attached hydrogens (tertiary/aromatic N) is 1. The first-order valence-corrected chi connectivity index (χ1v) is 7.20. The number of rotatable bonds is 6. The Morgan fingerprint density at radius 3 is 2.65 bits per heavy atom. The predicted octanol–water partition coefficient (Wildman–Crippen LogP) is 1.97. The van der Waals surface area contributed by atoms with Crippen LogP contribution in [0.2, 0.25) is 0 Å². The van der Waals surface area contributed by atoms with E-state index < -0.39 is 0 Å². The minimum atomic E-state index is -0.216. The number of carbonyl (C=O) groups is 1. The molecule has 0 spiro atoms. The molecule has 5 nitrogen and oxygen atoms in total. The Kier molecular flexibility index (Phi) is 6.48. The zero-order chi connectivity index (χ0) is 16.3. The van der Waals surface area contributed by atoms with Gasteiger partial charge in [-0.25, -0.2) is 0 Å². The quantitative estimate of drug-likeness (QED) is 0.829. The second kappa shape index (κ2) is 9.11. The fraction of sp³-hybridized carbons (Fsp3) is 0.222. The highest BCUT2D eigenvalue weighted by molar-refractivity contribution is 5.77. The van der Waals surface area contributed by atoms with E-state index in [9.17, 15) is 4.79 Å². The second-order valence-electron chi connectivity index (χ2n) is 4.66. The molecule has 23 heavy (non-hydrogen) atoms. The number of aryl methyl sites for hydroxylation is 1. The third-order valence-corrected chi connectivity index (χ3v) is 2.81. The lowest BCUT2D eigenvalue weighted by atomic mass is 10.3. The molecule has 0 aliphatic rings. The van der Waals surface area contributed by atoms with Crippen LogP contribution < -0.4 is 14.8 Å². The topological polar surface area (TPSA) is 60.5 Å². The van der Waals surface area contributed by atoms with E-state index in [1.54, 1.807) is 18.3 Å². The number of benzene rings is 1. The number of hydrogen-bond donors (Lipinski definition) is 1. The maximum absolute atomic E-state index is 11.6. The molecule has 2 rings (SSSR count). The number of carbonyl (C=O) groups excluding carboxylic acids is 1. The molecule has 0 atom stereocenters. The average molecular weight is 310 g/mol. The first-order valence-electron chi connectivity index (χ1n) is 7.20. The van der Waals surface area contributed by atoms with Crippen LogP contribution in [0.25, 0.3) is 0 Å². The minimum Gasteiger partial charge on any atom is -0.484 e. The molecule has 0 saturated carbocycles. The molecule has 5 heteroatoms. The van der Waals surface area contributed by atoms with Crippen molar-refractivity contribution < 1.29 is 14.3 Å². The largest absolute Gasteiger partial charge is 0.484 e. The van der Waals surface area contributed by atoms with Crippen LogP contribution in [0.15, 0.2) is 48.7 Å². The number of hydrogen-bond acceptors (Lipinski definition) is 4. The Morgan fingerprint density at radius 2 is 1.91 bits per heavy atom. The molecule has 1 aromatic carbocycles. The van der Waals surface area contributed by atoms with Crippen LogP contribution in [-0.4, -0.2) is 30.6 Å². The van der Waals surface area contributed by atoms with E-state index in [4.69, 9.17) is 9.47 Å². The van der Waals surface area contributed by atoms with Gasteiger partial charge in [0.15, 0.2) is 6.61 Å². The van der Waals surface area contributed by atoms with Crippen LogP contribution in [0.1, 0.15) is 5.69 Å². The summed E-state index contributed by atoms with van der Waals surface area (Å²) >= 11 is 0. The van der Waals surface area contributed by atoms with Crippen LogP contribution >= 0.6 is 0 Å². The number of nitrogens with one attached hydrogen (secondary N) is 1. The fourth-order valence-corrected chi connectivity index (χ4v) is 1.63. The number of pyridine rings is 1. The Hall–Kier alpha value is -3.00. The molecule has 0 fully saturated rings. The lowest BCUT2D eigenvalue weighted by Crippen LogP contribution is -2.29. The molecular weight excluding hydrogens is 292 g/mol. The minimum absolute atomic E-state index is 0.0305. The van der Waals surface area contributed by atoms with Gasteiger partial charge < -0.3 is 14.8 Å². The number of aromatic nitrogens is 1. The number of ether oxygens (including phenoxy) is 2. The van der Waals surface area contributed by atoms with Gasteiger partial charge in [0.1, 0.15) is 18.1 Å². The summed E-state index contributed by atoms with van der Waals surface area (Å²) in [6.45, 7) is 2.39. The lowest BCUT2D eigenvalue weighted by molar-refractivity contribution is -0.122. The SMILES string of the molecule is Cc1ccc(OCC#CCNC(=O)COc2ccccc2)cn1. The number of amides is 1. The molecule has 1 N–H and O–H groups in total. The van der Waals surface area contributed by atoms with Crippen molar-refractivity contribution in [2.75, 3.05) is 19.8 Å². The summed E-state index contributed by atoms with van der Waals surface area (Å²) in [5.74, 6) is 6.75. The first-order chi connectivity index (χ1) is 11.2. The molecule has 1 heterocycles. The third kappa shape index (κ3) is 6.53. The molecule has 0 saturated heterocycles. The van der Waals surface area contributed by atoms with Crippen LogP contribution in [0.3, 0.4) is 0 Å². The molecule has 0 aliphatic heterocycles. The monoisotopic (exact) mass is 310 g/mol. The van der Waals surface area contributed by atoms with Crippen molar-refractivity contribution >= 4 is 5.91 Å². The van der Waals surface area contributed by atoms with Gasteiger partial charge in [0.2, 0.25) is 0 Å². The average Bonchev–Trinajstić information content (AvgIpc) is 2.58. The van der Waals surface area contributed by atoms with Gasteiger partial charge in [0, 0.05) is 5.69 Å². The highest BCUT2D eigenvalue weighted by atomic mass is 16.5. The molecule has 2 aromatic rings. The van der Waals surface area contributed by atoms with Crippen LogP contribution in [0.4, 0.5) is 0 Å². The van der Waals surface area contributed by atoms with Crippen LogP contribution in [0.5, 0.6) is 11.5 Å². The van der Waals surface area contributed by atoms with Crippen molar-refractivity contribution in [1.82, 2.24) is 10.3 Å². The Balaban J connectivity index is 1.59. The van der Waals surface area contributed by atoms with Gasteiger partial charge in [0.25, 0.3) is 5.91 Å². The zero-order valence-electron chi connectivity index (χ0n) is 12.9. The maximum Gasteiger partial charge on any atom is 0.258 e. The lowest BCUT2D eigenvalue weighted by Gasteiger charge is -2.05. The summed E-state index contributed by atoms with van der Waals surface area (Å²) < 4.78 is 10.7. The predicted molar refractivity (Wildman–Crippen MR) is 87.2 cm³/mol. The Labute approximate surface area is 135 Å². The van der Waals surface area contributed by atoms with E-state index in [0.29, 0.717) is 11.5 Å². The molecule has 0 bridgehead atoms. The standard InChI is InChI=1S/C18H18N2O3/c1-15-9-10-17(13-20-15)22-12-6-5-11-19-18(21)14-23-16-7-3-2-4-8-16/h2-4,7-10,13H,11-12,14H2,1H3,(H,19,21). The summed E-state index contributed by atoms with van der Waals surface area (Å²) in [5, 5.41) is 2.65. The normalized spacial score (nSPS) is 9.43. The van der Waals surface area contributed by atoms with Gasteiger partial charge in [-0.05, 0) is 31.2 Å². The molecule has 0 aliphatic carbocycles. The van der Waals surface area contributed by atoms with Crippen molar-refractivity contribution in [3.63, 3.8) is 0 Å². The molecule has 118 valence electrons. The Morgan fingerprint density at radius 1 is 1.09 bits per heavy atom. The molecule has 0 unspecified atom stereocenters. The summed E-state index contributed by atoms with van der Waals surface area (Å²) in [6, 6.07) is 12.9. The molecular formula is C18H18N2O3. The highest BCUT2D eigenvalue weighted by Crippen LogP contribution is 2.08. The highest BCUT2D eigenvalue weighted by Gasteiger charge is 2.00. The van der Waals surface area contributed by atoms with Crippen molar-refractivity contribution in [3.8, 4) is 23.3 Å². The molecule has 0 radical (unpaired) electrons. The summed E-state index contributed by atoms with van der Waals surface area (Å²) in [4.78, 5) is 15.7. The van der Waals surface area contributed by atoms with Gasteiger partial charge in [-0.2, -0.15) is 0 Å². The molecule has 1 amide bonds. The van der Waals surface area contributed by atoms with Gasteiger partial charge in [-0.3, -0.25) is 9.78 Å². The van der Waals surface area contributed by atoms with Gasteiger partial charge >= 0.3 is 0 Å². The summed E-state index contributed by atoms with van der Waals surface area (Å²) in [5.41, 5.74) is 0.934. The van der Waals surface area contributed by atoms with E-state index in [2.05, 4.69) is 22.1 Å².